The molecule has 0 radical (unpaired) electrons. The zero-order chi connectivity index (χ0) is 58.9. The monoisotopic (exact) mass is 1120 g/mol. The maximum absolute atomic E-state index is 2.72. The highest BCUT2D eigenvalue weighted by Crippen LogP contribution is 2.54. The normalized spacial score (nSPS) is 16.6. The van der Waals surface area contributed by atoms with Gasteiger partial charge in [0.1, 0.15) is 0 Å². The van der Waals surface area contributed by atoms with Gasteiger partial charge < -0.3 is 18.9 Å². The Morgan fingerprint density at radius 1 is 0.276 bits per heavy atom. The Kier molecular flexibility index (Phi) is 11.1. The van der Waals surface area contributed by atoms with Gasteiger partial charge in [-0.25, -0.2) is 0 Å². The Morgan fingerprint density at radius 2 is 0.678 bits per heavy atom. The summed E-state index contributed by atoms with van der Waals surface area (Å²) in [6.45, 7) is 19.8. The molecule has 17 rings (SSSR count). The summed E-state index contributed by atoms with van der Waals surface area (Å²) in [6.07, 6.45) is 4.61. The molecule has 0 N–H and O–H groups in total. The largest absolute Gasteiger partial charge is 0.311 e. The average molecular weight is 1120 g/mol. The van der Waals surface area contributed by atoms with Crippen LogP contribution in [0.3, 0.4) is 0 Å². The molecular weight excluding hydrogens is 1050 g/mol. The van der Waals surface area contributed by atoms with E-state index in [1.807, 2.05) is 0 Å². The summed E-state index contributed by atoms with van der Waals surface area (Å²) in [7, 11) is 0. The SMILES string of the molecule is CC1(C)CCC(C)(C)c2cc(N3c4cc5c(cc4B4c6ccc(-c7ccc8c(c7)c7ccccc7n8-c7ccccc7)cc6N(c6ccccc6)c6cc(-c7ccc8c(c7)c7ccccc7n8-c7ccccc7)cc3c64)C(C)(C)CCC5(C)C)ccc21. The van der Waals surface area contributed by atoms with Gasteiger partial charge in [-0.2, -0.15) is 0 Å². The molecule has 0 saturated heterocycles. The van der Waals surface area contributed by atoms with Crippen LogP contribution >= 0.6 is 0 Å². The second kappa shape index (κ2) is 18.6. The van der Waals surface area contributed by atoms with Crippen LogP contribution in [0.5, 0.6) is 0 Å². The number of aromatic nitrogens is 2. The van der Waals surface area contributed by atoms with Gasteiger partial charge in [0.25, 0.3) is 6.71 Å². The number of nitrogens with zero attached hydrogens (tertiary/aromatic N) is 4. The molecular formula is C82H71BN4. The lowest BCUT2D eigenvalue weighted by molar-refractivity contribution is 0.332. The number of rotatable bonds is 6. The topological polar surface area (TPSA) is 16.3 Å². The van der Waals surface area contributed by atoms with Crippen molar-refractivity contribution < 1.29 is 0 Å². The third kappa shape index (κ3) is 7.77. The highest BCUT2D eigenvalue weighted by molar-refractivity contribution is 7.00. The standard InChI is InChI=1S/C82H71BN4/c1-79(2)40-41-80(3,4)65-49-59(35-36-64(65)79)87-75-51-67-66(81(5,6)42-43-82(67,7)8)50-69(75)83-68-37-32-54(52-33-38-72-62(44-52)60-28-18-20-30-70(60)84(72)56-22-12-9-13-23-56)46-74(68)86(58-26-16-11-17-27-58)76-47-55(48-77(87)78(76)83)53-34-39-73-63(45-53)61-29-19-21-31-71(61)85(73)57-24-14-10-15-25-57/h9-39,44-51H,40-43H2,1-8H3. The van der Waals surface area contributed by atoms with Gasteiger partial charge in [-0.15, -0.1) is 0 Å². The van der Waals surface area contributed by atoms with Crippen LogP contribution in [0.1, 0.15) is 103 Å². The first-order valence-electron chi connectivity index (χ1n) is 31.6. The third-order valence-electron chi connectivity index (χ3n) is 21.2. The number of para-hydroxylation sites is 5. The van der Waals surface area contributed by atoms with Crippen LogP contribution in [0.4, 0.5) is 34.1 Å². The molecule has 422 valence electrons. The summed E-state index contributed by atoms with van der Waals surface area (Å²) < 4.78 is 4.85. The summed E-state index contributed by atoms with van der Waals surface area (Å²) in [6, 6.07) is 90.5. The lowest BCUT2D eigenvalue weighted by Gasteiger charge is -2.48. The highest BCUT2D eigenvalue weighted by Gasteiger charge is 2.47. The van der Waals surface area contributed by atoms with Gasteiger partial charge in [0.2, 0.25) is 0 Å². The molecule has 4 aliphatic rings. The van der Waals surface area contributed by atoms with Crippen LogP contribution in [0, 0.1) is 0 Å². The molecule has 0 saturated carbocycles. The van der Waals surface area contributed by atoms with Crippen molar-refractivity contribution in [2.24, 2.45) is 0 Å². The molecule has 0 atom stereocenters. The van der Waals surface area contributed by atoms with Gasteiger partial charge in [0.15, 0.2) is 0 Å². The van der Waals surface area contributed by atoms with Crippen molar-refractivity contribution >= 4 is 101 Å². The fourth-order valence-corrected chi connectivity index (χ4v) is 16.3. The van der Waals surface area contributed by atoms with Crippen molar-refractivity contribution in [2.45, 2.75) is 103 Å². The Labute approximate surface area is 512 Å². The molecule has 87 heavy (non-hydrogen) atoms. The third-order valence-corrected chi connectivity index (χ3v) is 21.2. The van der Waals surface area contributed by atoms with Gasteiger partial charge in [0.05, 0.1) is 22.1 Å². The lowest BCUT2D eigenvalue weighted by atomic mass is 9.33. The van der Waals surface area contributed by atoms with Crippen LogP contribution in [0.15, 0.2) is 237 Å². The summed E-state index contributed by atoms with van der Waals surface area (Å²) in [5.74, 6) is 0. The lowest BCUT2D eigenvalue weighted by Crippen LogP contribution is -2.61. The summed E-state index contributed by atoms with van der Waals surface area (Å²) in [4.78, 5) is 5.33. The van der Waals surface area contributed by atoms with E-state index in [0.717, 1.165) is 30.6 Å². The van der Waals surface area contributed by atoms with Crippen molar-refractivity contribution in [1.29, 1.82) is 0 Å². The molecule has 2 aliphatic heterocycles. The first-order chi connectivity index (χ1) is 42.1. The number of hydrogen-bond acceptors (Lipinski definition) is 2. The minimum Gasteiger partial charge on any atom is -0.311 e. The minimum atomic E-state index is -0.0592. The average Bonchev–Trinajstić information content (AvgIpc) is 1.44. The van der Waals surface area contributed by atoms with E-state index in [1.165, 1.54) is 145 Å². The molecule has 11 aromatic carbocycles. The highest BCUT2D eigenvalue weighted by atomic mass is 15.2. The second-order valence-corrected chi connectivity index (χ2v) is 28.2. The predicted molar refractivity (Wildman–Crippen MR) is 371 cm³/mol. The second-order valence-electron chi connectivity index (χ2n) is 28.2. The molecule has 5 heteroatoms. The number of fused-ring (bicyclic) bond motifs is 12. The van der Waals surface area contributed by atoms with E-state index in [0.29, 0.717) is 0 Å². The minimum absolute atomic E-state index is 0.00108. The zero-order valence-electron chi connectivity index (χ0n) is 51.2. The first kappa shape index (κ1) is 52.0. The van der Waals surface area contributed by atoms with Gasteiger partial charge in [0, 0.05) is 67.0 Å². The Hall–Kier alpha value is -9.32. The molecule has 4 heterocycles. The van der Waals surface area contributed by atoms with Crippen molar-refractivity contribution in [2.75, 3.05) is 9.80 Å². The van der Waals surface area contributed by atoms with Crippen LogP contribution in [0.2, 0.25) is 0 Å². The number of anilines is 6. The quantitative estimate of drug-likeness (QED) is 0.154. The molecule has 2 aromatic heterocycles. The summed E-state index contributed by atoms with van der Waals surface area (Å²) in [5, 5.41) is 4.99. The molecule has 2 aliphatic carbocycles. The zero-order valence-corrected chi connectivity index (χ0v) is 51.2. The van der Waals surface area contributed by atoms with Crippen molar-refractivity contribution in [3.63, 3.8) is 0 Å². The molecule has 0 amide bonds. The molecule has 4 nitrogen and oxygen atoms in total. The number of benzene rings is 11. The molecule has 13 aromatic rings. The maximum Gasteiger partial charge on any atom is 0.252 e. The van der Waals surface area contributed by atoms with Crippen molar-refractivity contribution in [1.82, 2.24) is 9.13 Å². The van der Waals surface area contributed by atoms with Crippen LogP contribution in [-0.2, 0) is 21.7 Å². The molecule has 0 unspecified atom stereocenters. The molecule has 0 bridgehead atoms. The smallest absolute Gasteiger partial charge is 0.252 e. The van der Waals surface area contributed by atoms with Crippen LogP contribution < -0.4 is 26.2 Å². The summed E-state index contributed by atoms with van der Waals surface area (Å²) in [5.41, 5.74) is 29.3. The van der Waals surface area contributed by atoms with Crippen LogP contribution in [-0.4, -0.2) is 15.8 Å². The van der Waals surface area contributed by atoms with Crippen LogP contribution in [0.25, 0.3) is 77.2 Å². The van der Waals surface area contributed by atoms with Gasteiger partial charge in [-0.3, -0.25) is 0 Å². The van der Waals surface area contributed by atoms with Gasteiger partial charge in [-0.05, 0) is 217 Å². The fraction of sp³-hybridized carbons (Fsp3) is 0.195. The number of hydrogen-bond donors (Lipinski definition) is 0. The van der Waals surface area contributed by atoms with E-state index in [1.54, 1.807) is 0 Å². The van der Waals surface area contributed by atoms with Gasteiger partial charge in [-0.1, -0.05) is 183 Å². The van der Waals surface area contributed by atoms with Crippen molar-refractivity contribution in [3.05, 3.63) is 259 Å². The van der Waals surface area contributed by atoms with E-state index in [9.17, 15) is 0 Å². The Bertz CT molecular complexity index is 5000. The van der Waals surface area contributed by atoms with E-state index < -0.39 is 0 Å². The molecule has 0 fully saturated rings. The van der Waals surface area contributed by atoms with E-state index in [-0.39, 0.29) is 28.4 Å². The Morgan fingerprint density at radius 3 is 1.23 bits per heavy atom. The van der Waals surface area contributed by atoms with E-state index in [2.05, 4.69) is 311 Å². The predicted octanol–water partition coefficient (Wildman–Crippen LogP) is 20.0. The molecule has 0 spiro atoms. The first-order valence-corrected chi connectivity index (χ1v) is 31.6. The van der Waals surface area contributed by atoms with E-state index in [4.69, 9.17) is 0 Å². The van der Waals surface area contributed by atoms with Gasteiger partial charge >= 0.3 is 0 Å². The summed E-state index contributed by atoms with van der Waals surface area (Å²) >= 11 is 0. The Balaban J connectivity index is 0.961. The van der Waals surface area contributed by atoms with E-state index >= 15 is 0 Å². The fourth-order valence-electron chi connectivity index (χ4n) is 16.3. The maximum atomic E-state index is 2.72. The van der Waals surface area contributed by atoms with Crippen molar-refractivity contribution in [3.8, 4) is 33.6 Å².